The number of carboxylic acid groups (broad SMARTS) is 1. The zero-order valence-corrected chi connectivity index (χ0v) is 26.6. The Balaban J connectivity index is 1.04. The highest BCUT2D eigenvalue weighted by atomic mass is 19.1. The van der Waals surface area contributed by atoms with Crippen molar-refractivity contribution in [3.8, 4) is 11.5 Å². The van der Waals surface area contributed by atoms with Crippen LogP contribution in [0.4, 0.5) is 15.8 Å². The van der Waals surface area contributed by atoms with Gasteiger partial charge in [-0.05, 0) is 73.0 Å². The molecule has 0 bridgehead atoms. The van der Waals surface area contributed by atoms with Gasteiger partial charge in [0.1, 0.15) is 11.4 Å². The fourth-order valence-corrected chi connectivity index (χ4v) is 5.90. The normalized spacial score (nSPS) is 15.1. The van der Waals surface area contributed by atoms with E-state index < -0.39 is 17.2 Å². The minimum atomic E-state index is -1.33. The van der Waals surface area contributed by atoms with Crippen molar-refractivity contribution in [2.75, 3.05) is 57.2 Å². The van der Waals surface area contributed by atoms with Gasteiger partial charge < -0.3 is 29.4 Å². The Kier molecular flexibility index (Phi) is 9.26. The van der Waals surface area contributed by atoms with Crippen LogP contribution in [0.5, 0.6) is 11.5 Å². The molecule has 0 spiro atoms. The molecule has 0 radical (unpaired) electrons. The number of methoxy groups -OCH3 is 2. The fraction of sp³-hybridized carbons (Fsp3) is 0.278. The molecule has 1 aromatic heterocycles. The van der Waals surface area contributed by atoms with Crippen LogP contribution in [-0.2, 0) is 4.79 Å². The summed E-state index contributed by atoms with van der Waals surface area (Å²) in [4.78, 5) is 53.8. The number of rotatable bonds is 11. The number of hydrogen-bond donors (Lipinski definition) is 2. The van der Waals surface area contributed by atoms with Crippen molar-refractivity contribution in [2.24, 2.45) is 0 Å². The molecule has 1 amide bonds. The van der Waals surface area contributed by atoms with Crippen molar-refractivity contribution in [1.29, 1.82) is 0 Å². The lowest BCUT2D eigenvalue weighted by molar-refractivity contribution is -0.117. The molecule has 248 valence electrons. The number of halogens is 1. The Morgan fingerprint density at radius 2 is 1.67 bits per heavy atom. The first kappa shape index (κ1) is 32.5. The summed E-state index contributed by atoms with van der Waals surface area (Å²) in [6.07, 6.45) is 6.27. The van der Waals surface area contributed by atoms with Crippen LogP contribution in [0.2, 0.25) is 0 Å². The van der Waals surface area contributed by atoms with Gasteiger partial charge in [0, 0.05) is 55.1 Å². The SMILES string of the molecule is COc1ccc(/C=C/C(=O)c2ccc(NC(=O)CN3CCN(c4cc5c(cc4F)c(=O)c(C(=O)O)cn5C4CC4)CC3)cc2)cc1OC. The topological polar surface area (TPSA) is 130 Å². The molecule has 6 rings (SSSR count). The summed E-state index contributed by atoms with van der Waals surface area (Å²) in [5, 5.41) is 12.4. The van der Waals surface area contributed by atoms with Crippen molar-refractivity contribution in [2.45, 2.75) is 18.9 Å². The Morgan fingerprint density at radius 1 is 0.958 bits per heavy atom. The molecule has 1 aliphatic heterocycles. The lowest BCUT2D eigenvalue weighted by Crippen LogP contribution is -2.49. The number of carbonyl (C=O) groups excluding carboxylic acids is 2. The number of piperazine rings is 1. The van der Waals surface area contributed by atoms with Gasteiger partial charge in [-0.2, -0.15) is 0 Å². The third-order valence-electron chi connectivity index (χ3n) is 8.64. The molecule has 2 fully saturated rings. The highest BCUT2D eigenvalue weighted by molar-refractivity contribution is 6.07. The molecular formula is C36H35FN4O7. The lowest BCUT2D eigenvalue weighted by atomic mass is 10.1. The smallest absolute Gasteiger partial charge is 0.341 e. The van der Waals surface area contributed by atoms with E-state index in [4.69, 9.17) is 9.47 Å². The Morgan fingerprint density at radius 3 is 2.31 bits per heavy atom. The number of hydrogen-bond acceptors (Lipinski definition) is 8. The van der Waals surface area contributed by atoms with Crippen molar-refractivity contribution in [3.05, 3.63) is 99.6 Å². The molecule has 1 saturated carbocycles. The number of pyridine rings is 1. The summed E-state index contributed by atoms with van der Waals surface area (Å²) in [7, 11) is 3.10. The molecule has 12 heteroatoms. The van der Waals surface area contributed by atoms with E-state index in [1.54, 1.807) is 67.3 Å². The first-order valence-corrected chi connectivity index (χ1v) is 15.6. The number of anilines is 2. The van der Waals surface area contributed by atoms with Gasteiger partial charge in [-0.3, -0.25) is 19.3 Å². The number of fused-ring (bicyclic) bond motifs is 1. The van der Waals surface area contributed by atoms with E-state index >= 15 is 4.39 Å². The molecule has 2 aliphatic rings. The second-order valence-electron chi connectivity index (χ2n) is 11.8. The molecule has 1 aliphatic carbocycles. The van der Waals surface area contributed by atoms with Crippen LogP contribution in [0.15, 0.2) is 71.7 Å². The first-order valence-electron chi connectivity index (χ1n) is 15.6. The minimum absolute atomic E-state index is 0.0572. The number of carboxylic acids is 1. The third-order valence-corrected chi connectivity index (χ3v) is 8.64. The summed E-state index contributed by atoms with van der Waals surface area (Å²) >= 11 is 0. The van der Waals surface area contributed by atoms with Gasteiger partial charge in [0.2, 0.25) is 11.3 Å². The standard InChI is InChI=1S/C36H35FN4O7/c1-47-32-12-4-22(17-33(32)48-2)3-11-31(42)23-5-7-24(8-6-23)38-34(43)21-39-13-15-40(16-14-39)30-19-29-26(18-28(30)37)35(44)27(36(45)46)20-41(29)25-9-10-25/h3-8,11-12,17-20,25H,9-10,13-16,21H2,1-2H3,(H,38,43)(H,45,46)/b11-3+. The van der Waals surface area contributed by atoms with Crippen LogP contribution in [0.3, 0.4) is 0 Å². The van der Waals surface area contributed by atoms with Crippen LogP contribution >= 0.6 is 0 Å². The number of benzene rings is 3. The monoisotopic (exact) mass is 654 g/mol. The fourth-order valence-electron chi connectivity index (χ4n) is 5.90. The molecule has 4 aromatic rings. The van der Waals surface area contributed by atoms with Crippen LogP contribution in [0, 0.1) is 5.82 Å². The van der Waals surface area contributed by atoms with Gasteiger partial charge >= 0.3 is 5.97 Å². The average Bonchev–Trinajstić information content (AvgIpc) is 3.93. The van der Waals surface area contributed by atoms with Crippen LogP contribution in [-0.4, -0.2) is 79.2 Å². The quantitative estimate of drug-likeness (QED) is 0.172. The molecule has 11 nitrogen and oxygen atoms in total. The number of nitrogens with zero attached hydrogens (tertiary/aromatic N) is 3. The number of ether oxygens (including phenoxy) is 2. The van der Waals surface area contributed by atoms with E-state index in [0.29, 0.717) is 60.1 Å². The van der Waals surface area contributed by atoms with E-state index in [2.05, 4.69) is 5.32 Å². The van der Waals surface area contributed by atoms with Crippen molar-refractivity contribution < 1.29 is 33.4 Å². The van der Waals surface area contributed by atoms with E-state index in [9.17, 15) is 24.3 Å². The van der Waals surface area contributed by atoms with Gasteiger partial charge in [0.15, 0.2) is 17.3 Å². The van der Waals surface area contributed by atoms with Crippen molar-refractivity contribution in [3.63, 3.8) is 0 Å². The summed E-state index contributed by atoms with van der Waals surface area (Å²) in [5.41, 5.74) is 1.62. The zero-order chi connectivity index (χ0) is 33.9. The summed E-state index contributed by atoms with van der Waals surface area (Å²) in [6.45, 7) is 2.09. The van der Waals surface area contributed by atoms with Gasteiger partial charge in [-0.15, -0.1) is 0 Å². The van der Waals surface area contributed by atoms with E-state index in [1.807, 2.05) is 15.9 Å². The van der Waals surface area contributed by atoms with Crippen molar-refractivity contribution >= 4 is 46.0 Å². The Hall–Kier alpha value is -5.49. The van der Waals surface area contributed by atoms with Gasteiger partial charge in [0.05, 0.1) is 32.0 Å². The number of allylic oxidation sites excluding steroid dienone is 1. The predicted octanol–water partition coefficient (Wildman–Crippen LogP) is 4.85. The predicted molar refractivity (Wildman–Crippen MR) is 180 cm³/mol. The number of aromatic nitrogens is 1. The second kappa shape index (κ2) is 13.7. The Bertz CT molecular complexity index is 1980. The lowest BCUT2D eigenvalue weighted by Gasteiger charge is -2.36. The number of carbonyl (C=O) groups is 3. The maximum atomic E-state index is 15.3. The van der Waals surface area contributed by atoms with E-state index in [-0.39, 0.29) is 35.2 Å². The second-order valence-corrected chi connectivity index (χ2v) is 11.8. The molecule has 1 saturated heterocycles. The molecule has 0 unspecified atom stereocenters. The van der Waals surface area contributed by atoms with Gasteiger partial charge in [-0.1, -0.05) is 12.1 Å². The number of aromatic carboxylic acids is 1. The molecular weight excluding hydrogens is 619 g/mol. The Labute approximate surface area is 275 Å². The van der Waals surface area contributed by atoms with Crippen LogP contribution < -0.4 is 25.1 Å². The number of nitrogens with one attached hydrogen (secondary N) is 1. The van der Waals surface area contributed by atoms with Gasteiger partial charge in [0.25, 0.3) is 0 Å². The summed E-state index contributed by atoms with van der Waals surface area (Å²) in [6, 6.07) is 14.9. The maximum absolute atomic E-state index is 15.3. The zero-order valence-electron chi connectivity index (χ0n) is 26.6. The van der Waals surface area contributed by atoms with Crippen LogP contribution in [0.1, 0.15) is 45.2 Å². The average molecular weight is 655 g/mol. The minimum Gasteiger partial charge on any atom is -0.493 e. The van der Waals surface area contributed by atoms with E-state index in [1.165, 1.54) is 12.3 Å². The molecule has 2 N–H and O–H groups in total. The third kappa shape index (κ3) is 6.93. The molecule has 0 atom stereocenters. The van der Waals surface area contributed by atoms with Crippen molar-refractivity contribution in [1.82, 2.24) is 9.47 Å². The molecule has 3 aromatic carbocycles. The first-order chi connectivity index (χ1) is 23.1. The summed E-state index contributed by atoms with van der Waals surface area (Å²) < 4.78 is 27.6. The number of ketones is 1. The maximum Gasteiger partial charge on any atom is 0.341 e. The largest absolute Gasteiger partial charge is 0.493 e. The van der Waals surface area contributed by atoms with Gasteiger partial charge in [-0.25, -0.2) is 9.18 Å². The molecule has 2 heterocycles. The van der Waals surface area contributed by atoms with E-state index in [0.717, 1.165) is 24.5 Å². The molecule has 48 heavy (non-hydrogen) atoms. The highest BCUT2D eigenvalue weighted by Crippen LogP contribution is 2.38. The summed E-state index contributed by atoms with van der Waals surface area (Å²) in [5.74, 6) is -1.16. The van der Waals surface area contributed by atoms with Crippen LogP contribution in [0.25, 0.3) is 17.0 Å². The highest BCUT2D eigenvalue weighted by Gasteiger charge is 2.29. The number of amides is 1.